The maximum Gasteiger partial charge on any atom is 0.251 e. The minimum atomic E-state index is -0.0609. The van der Waals surface area contributed by atoms with Crippen LogP contribution in [0.3, 0.4) is 0 Å². The summed E-state index contributed by atoms with van der Waals surface area (Å²) in [4.78, 5) is 15.3. The van der Waals surface area contributed by atoms with Gasteiger partial charge in [-0.1, -0.05) is 12.1 Å². The maximum absolute atomic E-state index is 11.3. The number of aromatic nitrogens is 2. The molecule has 82 valence electrons. The van der Waals surface area contributed by atoms with Crippen LogP contribution >= 0.6 is 0 Å². The molecule has 1 aromatic carbocycles. The van der Waals surface area contributed by atoms with E-state index in [1.54, 1.807) is 19.6 Å². The molecule has 0 aliphatic carbocycles. The molecular weight excluding hydrogens is 202 g/mol. The highest BCUT2D eigenvalue weighted by Gasteiger charge is 2.02. The highest BCUT2D eigenvalue weighted by Crippen LogP contribution is 2.06. The molecule has 1 aromatic heterocycles. The first-order chi connectivity index (χ1) is 7.79. The normalized spacial score (nSPS) is 10.1. The second-order valence-electron chi connectivity index (χ2n) is 3.51. The van der Waals surface area contributed by atoms with Crippen molar-refractivity contribution in [3.05, 3.63) is 54.1 Å². The summed E-state index contributed by atoms with van der Waals surface area (Å²) in [6.45, 7) is 0.772. The lowest BCUT2D eigenvalue weighted by molar-refractivity contribution is 0.0963. The Bertz CT molecular complexity index is 460. The Morgan fingerprint density at radius 2 is 2.12 bits per heavy atom. The third-order valence-electron chi connectivity index (χ3n) is 2.37. The van der Waals surface area contributed by atoms with Crippen molar-refractivity contribution in [2.24, 2.45) is 0 Å². The van der Waals surface area contributed by atoms with Crippen LogP contribution in [0, 0.1) is 0 Å². The Labute approximate surface area is 93.9 Å². The number of hydrogen-bond donors (Lipinski definition) is 1. The van der Waals surface area contributed by atoms with E-state index in [0.717, 1.165) is 12.1 Å². The fourth-order valence-electron chi connectivity index (χ4n) is 1.50. The number of nitrogens with zero attached hydrogens (tertiary/aromatic N) is 2. The van der Waals surface area contributed by atoms with E-state index >= 15 is 0 Å². The summed E-state index contributed by atoms with van der Waals surface area (Å²) < 4.78 is 1.98. The summed E-state index contributed by atoms with van der Waals surface area (Å²) in [5.74, 6) is -0.0609. The van der Waals surface area contributed by atoms with Gasteiger partial charge in [-0.3, -0.25) is 4.79 Å². The van der Waals surface area contributed by atoms with Crippen molar-refractivity contribution in [1.82, 2.24) is 14.9 Å². The number of rotatable bonds is 3. The molecule has 0 saturated heterocycles. The third-order valence-corrected chi connectivity index (χ3v) is 2.37. The van der Waals surface area contributed by atoms with E-state index in [2.05, 4.69) is 10.3 Å². The predicted molar refractivity (Wildman–Crippen MR) is 61.2 cm³/mol. The van der Waals surface area contributed by atoms with Gasteiger partial charge in [0.05, 0.1) is 6.33 Å². The third kappa shape index (κ3) is 2.28. The summed E-state index contributed by atoms with van der Waals surface area (Å²) in [6.07, 6.45) is 5.43. The zero-order valence-corrected chi connectivity index (χ0v) is 9.05. The maximum atomic E-state index is 11.3. The van der Waals surface area contributed by atoms with E-state index in [1.165, 1.54) is 0 Å². The molecule has 0 aliphatic rings. The highest BCUT2D eigenvalue weighted by atomic mass is 16.1. The fourth-order valence-corrected chi connectivity index (χ4v) is 1.50. The summed E-state index contributed by atoms with van der Waals surface area (Å²) in [6, 6.07) is 7.55. The first kappa shape index (κ1) is 10.4. The number of carbonyl (C=O) groups is 1. The monoisotopic (exact) mass is 215 g/mol. The highest BCUT2D eigenvalue weighted by molar-refractivity contribution is 5.93. The lowest BCUT2D eigenvalue weighted by atomic mass is 10.1. The lowest BCUT2D eigenvalue weighted by Gasteiger charge is -2.04. The molecule has 4 heteroatoms. The largest absolute Gasteiger partial charge is 0.355 e. The second-order valence-corrected chi connectivity index (χ2v) is 3.51. The molecule has 2 rings (SSSR count). The van der Waals surface area contributed by atoms with Crippen molar-refractivity contribution < 1.29 is 4.79 Å². The van der Waals surface area contributed by atoms with Crippen molar-refractivity contribution in [3.63, 3.8) is 0 Å². The van der Waals surface area contributed by atoms with Gasteiger partial charge in [-0.25, -0.2) is 4.98 Å². The number of amides is 1. The summed E-state index contributed by atoms with van der Waals surface area (Å²) in [5, 5.41) is 2.59. The Kier molecular flexibility index (Phi) is 3.00. The van der Waals surface area contributed by atoms with Crippen molar-refractivity contribution in [1.29, 1.82) is 0 Å². The number of benzene rings is 1. The van der Waals surface area contributed by atoms with Gasteiger partial charge in [0.25, 0.3) is 5.91 Å². The topological polar surface area (TPSA) is 46.9 Å². The molecule has 0 spiro atoms. The van der Waals surface area contributed by atoms with Gasteiger partial charge in [-0.15, -0.1) is 0 Å². The number of hydrogen-bond acceptors (Lipinski definition) is 2. The molecule has 0 fully saturated rings. The molecular formula is C12H13N3O. The number of carbonyl (C=O) groups excluding carboxylic acids is 1. The first-order valence-electron chi connectivity index (χ1n) is 5.06. The first-order valence-corrected chi connectivity index (χ1v) is 5.06. The zero-order chi connectivity index (χ0) is 11.4. The van der Waals surface area contributed by atoms with Crippen LogP contribution < -0.4 is 5.32 Å². The minimum absolute atomic E-state index is 0.0609. The van der Waals surface area contributed by atoms with E-state index in [0.29, 0.717) is 5.56 Å². The molecule has 16 heavy (non-hydrogen) atoms. The standard InChI is InChI=1S/C12H13N3O/c1-13-12(16)11-4-2-10(3-5-11)8-15-7-6-14-9-15/h2-7,9H,8H2,1H3,(H,13,16). The molecule has 0 unspecified atom stereocenters. The Hall–Kier alpha value is -2.10. The Morgan fingerprint density at radius 1 is 1.38 bits per heavy atom. The molecule has 2 aromatic rings. The van der Waals surface area contributed by atoms with Gasteiger partial charge in [-0.05, 0) is 17.7 Å². The van der Waals surface area contributed by atoms with Gasteiger partial charge in [0.2, 0.25) is 0 Å². The molecule has 0 radical (unpaired) electrons. The van der Waals surface area contributed by atoms with Gasteiger partial charge in [0.1, 0.15) is 0 Å². The minimum Gasteiger partial charge on any atom is -0.355 e. The van der Waals surface area contributed by atoms with E-state index in [1.807, 2.05) is 35.0 Å². The average molecular weight is 215 g/mol. The van der Waals surface area contributed by atoms with Gasteiger partial charge in [0, 0.05) is 31.5 Å². The number of imidazole rings is 1. The summed E-state index contributed by atoms with van der Waals surface area (Å²) in [5.41, 5.74) is 1.82. The Morgan fingerprint density at radius 3 is 2.69 bits per heavy atom. The van der Waals surface area contributed by atoms with Crippen LogP contribution in [0.25, 0.3) is 0 Å². The molecule has 4 nitrogen and oxygen atoms in total. The molecule has 1 N–H and O–H groups in total. The molecule has 0 aliphatic heterocycles. The Balaban J connectivity index is 2.10. The van der Waals surface area contributed by atoms with E-state index < -0.39 is 0 Å². The van der Waals surface area contributed by atoms with Crippen LogP contribution in [0.4, 0.5) is 0 Å². The van der Waals surface area contributed by atoms with Crippen molar-refractivity contribution in [2.45, 2.75) is 6.54 Å². The van der Waals surface area contributed by atoms with Gasteiger partial charge < -0.3 is 9.88 Å². The number of nitrogens with one attached hydrogen (secondary N) is 1. The summed E-state index contributed by atoms with van der Waals surface area (Å²) in [7, 11) is 1.63. The molecule has 0 atom stereocenters. The van der Waals surface area contributed by atoms with Crippen molar-refractivity contribution in [2.75, 3.05) is 7.05 Å². The SMILES string of the molecule is CNC(=O)c1ccc(Cn2ccnc2)cc1. The molecule has 1 amide bonds. The van der Waals surface area contributed by atoms with E-state index in [-0.39, 0.29) is 5.91 Å². The quantitative estimate of drug-likeness (QED) is 0.838. The predicted octanol–water partition coefficient (Wildman–Crippen LogP) is 1.29. The summed E-state index contributed by atoms with van der Waals surface area (Å²) >= 11 is 0. The molecule has 0 bridgehead atoms. The van der Waals surface area contributed by atoms with E-state index in [9.17, 15) is 4.79 Å². The van der Waals surface area contributed by atoms with Gasteiger partial charge in [-0.2, -0.15) is 0 Å². The van der Waals surface area contributed by atoms with Crippen LogP contribution in [0.1, 0.15) is 15.9 Å². The average Bonchev–Trinajstić information content (AvgIpc) is 2.82. The van der Waals surface area contributed by atoms with Crippen molar-refractivity contribution >= 4 is 5.91 Å². The van der Waals surface area contributed by atoms with Crippen molar-refractivity contribution in [3.8, 4) is 0 Å². The van der Waals surface area contributed by atoms with Crippen LogP contribution in [0.15, 0.2) is 43.0 Å². The van der Waals surface area contributed by atoms with Crippen LogP contribution in [0.2, 0.25) is 0 Å². The smallest absolute Gasteiger partial charge is 0.251 e. The van der Waals surface area contributed by atoms with Crippen LogP contribution in [0.5, 0.6) is 0 Å². The van der Waals surface area contributed by atoms with Gasteiger partial charge in [0.15, 0.2) is 0 Å². The van der Waals surface area contributed by atoms with Gasteiger partial charge >= 0.3 is 0 Å². The fraction of sp³-hybridized carbons (Fsp3) is 0.167. The van der Waals surface area contributed by atoms with Crippen LogP contribution in [-0.4, -0.2) is 22.5 Å². The second kappa shape index (κ2) is 4.61. The van der Waals surface area contributed by atoms with Crippen LogP contribution in [-0.2, 0) is 6.54 Å². The molecule has 0 saturated carbocycles. The zero-order valence-electron chi connectivity index (χ0n) is 9.05. The molecule has 1 heterocycles. The van der Waals surface area contributed by atoms with E-state index in [4.69, 9.17) is 0 Å². The lowest BCUT2D eigenvalue weighted by Crippen LogP contribution is -2.17.